The van der Waals surface area contributed by atoms with E-state index in [0.717, 1.165) is 5.41 Å². The Morgan fingerprint density at radius 1 is 1.04 bits per heavy atom. The summed E-state index contributed by atoms with van der Waals surface area (Å²) in [5.41, 5.74) is 0.798. The van der Waals surface area contributed by atoms with Crippen LogP contribution in [-0.2, 0) is 10.0 Å². The van der Waals surface area contributed by atoms with Crippen molar-refractivity contribution in [2.75, 3.05) is 14.2 Å². The fourth-order valence-corrected chi connectivity index (χ4v) is 2.71. The molecule has 1 amide bonds. The van der Waals surface area contributed by atoms with Gasteiger partial charge in [-0.3, -0.25) is 4.79 Å². The van der Waals surface area contributed by atoms with Gasteiger partial charge < -0.3 is 9.47 Å². The normalized spacial score (nSPS) is 11.2. The van der Waals surface area contributed by atoms with Crippen LogP contribution in [0.1, 0.15) is 15.9 Å². The molecule has 0 saturated heterocycles. The molecule has 0 atom stereocenters. The zero-order valence-corrected chi connectivity index (χ0v) is 14.0. The first-order valence-electron chi connectivity index (χ1n) is 6.97. The van der Waals surface area contributed by atoms with Crippen molar-refractivity contribution >= 4 is 22.0 Å². The van der Waals surface area contributed by atoms with Gasteiger partial charge in [0.05, 0.1) is 25.2 Å². The van der Waals surface area contributed by atoms with Crippen LogP contribution in [0.25, 0.3) is 6.08 Å². The van der Waals surface area contributed by atoms with E-state index in [2.05, 4.69) is 0 Å². The van der Waals surface area contributed by atoms with Gasteiger partial charge in [0.15, 0.2) is 0 Å². The lowest BCUT2D eigenvalue weighted by molar-refractivity contribution is 0.0979. The summed E-state index contributed by atoms with van der Waals surface area (Å²) < 4.78 is 36.2. The van der Waals surface area contributed by atoms with Crippen molar-refractivity contribution < 1.29 is 22.7 Å². The minimum absolute atomic E-state index is 0.0926. The summed E-state index contributed by atoms with van der Waals surface area (Å²) in [6, 6.07) is 13.4. The van der Waals surface area contributed by atoms with Gasteiger partial charge in [-0.05, 0) is 23.8 Å². The minimum atomic E-state index is -3.93. The maximum Gasteiger partial charge on any atom is 0.268 e. The van der Waals surface area contributed by atoms with Crippen LogP contribution < -0.4 is 14.2 Å². The van der Waals surface area contributed by atoms with Crippen LogP contribution in [0.3, 0.4) is 0 Å². The number of amides is 1. The molecule has 6 nitrogen and oxygen atoms in total. The highest BCUT2D eigenvalue weighted by atomic mass is 32.2. The van der Waals surface area contributed by atoms with Gasteiger partial charge in [0.2, 0.25) is 0 Å². The molecule has 24 heavy (non-hydrogen) atoms. The van der Waals surface area contributed by atoms with Crippen LogP contribution in [0.5, 0.6) is 11.5 Å². The van der Waals surface area contributed by atoms with Crippen LogP contribution in [0.4, 0.5) is 0 Å². The third-order valence-electron chi connectivity index (χ3n) is 3.13. The van der Waals surface area contributed by atoms with Crippen LogP contribution in [0, 0.1) is 0 Å². The van der Waals surface area contributed by atoms with Crippen molar-refractivity contribution in [3.05, 3.63) is 65.1 Å². The third kappa shape index (κ3) is 4.60. The predicted molar refractivity (Wildman–Crippen MR) is 91.4 cm³/mol. The molecule has 0 saturated carbocycles. The Kier molecular flexibility index (Phi) is 5.59. The molecule has 2 aromatic carbocycles. The number of benzene rings is 2. The van der Waals surface area contributed by atoms with Crippen molar-refractivity contribution in [1.29, 1.82) is 0 Å². The molecule has 2 rings (SSSR count). The number of rotatable bonds is 6. The van der Waals surface area contributed by atoms with Gasteiger partial charge in [-0.2, -0.15) is 0 Å². The molecule has 7 heteroatoms. The molecule has 1 N–H and O–H groups in total. The van der Waals surface area contributed by atoms with Gasteiger partial charge >= 0.3 is 0 Å². The largest absolute Gasteiger partial charge is 0.497 e. The first-order chi connectivity index (χ1) is 11.4. The quantitative estimate of drug-likeness (QED) is 0.868. The Labute approximate surface area is 140 Å². The van der Waals surface area contributed by atoms with Gasteiger partial charge in [-0.25, -0.2) is 13.1 Å². The number of methoxy groups -OCH3 is 2. The molecule has 0 unspecified atom stereocenters. The summed E-state index contributed by atoms with van der Waals surface area (Å²) in [6.45, 7) is 0. The molecule has 0 aromatic heterocycles. The van der Waals surface area contributed by atoms with E-state index in [-0.39, 0.29) is 11.3 Å². The number of hydrogen-bond donors (Lipinski definition) is 1. The zero-order chi connectivity index (χ0) is 17.6. The van der Waals surface area contributed by atoms with Gasteiger partial charge in [0, 0.05) is 6.07 Å². The van der Waals surface area contributed by atoms with Crippen LogP contribution in [-0.4, -0.2) is 28.5 Å². The first kappa shape index (κ1) is 17.6. The molecule has 0 fully saturated rings. The summed E-state index contributed by atoms with van der Waals surface area (Å²) >= 11 is 0. The van der Waals surface area contributed by atoms with Gasteiger partial charge in [-0.1, -0.05) is 30.3 Å². The van der Waals surface area contributed by atoms with E-state index in [0.29, 0.717) is 11.3 Å². The van der Waals surface area contributed by atoms with Crippen molar-refractivity contribution in [1.82, 2.24) is 4.72 Å². The lowest BCUT2D eigenvalue weighted by Crippen LogP contribution is -2.29. The Morgan fingerprint density at radius 2 is 1.75 bits per heavy atom. The number of carbonyl (C=O) groups is 1. The van der Waals surface area contributed by atoms with Crippen molar-refractivity contribution in [2.24, 2.45) is 0 Å². The van der Waals surface area contributed by atoms with Gasteiger partial charge in [0.1, 0.15) is 11.5 Å². The molecular formula is C17H17NO5S. The van der Waals surface area contributed by atoms with Crippen molar-refractivity contribution in [2.45, 2.75) is 0 Å². The summed E-state index contributed by atoms with van der Waals surface area (Å²) in [4.78, 5) is 12.2. The molecule has 0 heterocycles. The van der Waals surface area contributed by atoms with Crippen molar-refractivity contribution in [3.63, 3.8) is 0 Å². The van der Waals surface area contributed by atoms with E-state index in [1.807, 2.05) is 10.8 Å². The average molecular weight is 347 g/mol. The number of ether oxygens (including phenoxy) is 2. The highest BCUT2D eigenvalue weighted by Gasteiger charge is 2.17. The second-order valence-corrected chi connectivity index (χ2v) is 6.32. The summed E-state index contributed by atoms with van der Waals surface area (Å²) in [5, 5.41) is 0.941. The third-order valence-corrected chi connectivity index (χ3v) is 4.09. The topological polar surface area (TPSA) is 81.7 Å². The fourth-order valence-electron chi connectivity index (χ4n) is 1.94. The van der Waals surface area contributed by atoms with Gasteiger partial charge in [0.25, 0.3) is 15.9 Å². The predicted octanol–water partition coefficient (Wildman–Crippen LogP) is 2.43. The number of hydrogen-bond acceptors (Lipinski definition) is 5. The molecule has 0 spiro atoms. The molecule has 0 radical (unpaired) electrons. The lowest BCUT2D eigenvalue weighted by atomic mass is 10.2. The van der Waals surface area contributed by atoms with Gasteiger partial charge in [-0.15, -0.1) is 0 Å². The number of sulfonamides is 1. The summed E-state index contributed by atoms with van der Waals surface area (Å²) in [7, 11) is -1.07. The van der Waals surface area contributed by atoms with E-state index in [9.17, 15) is 13.2 Å². The Balaban J connectivity index is 2.18. The first-order valence-corrected chi connectivity index (χ1v) is 8.52. The highest BCUT2D eigenvalue weighted by molar-refractivity contribution is 7.93. The molecule has 0 aliphatic rings. The number of nitrogens with one attached hydrogen (secondary N) is 1. The second kappa shape index (κ2) is 7.65. The van der Waals surface area contributed by atoms with Crippen molar-refractivity contribution in [3.8, 4) is 11.5 Å². The standard InChI is InChI=1S/C17H17NO5S/c1-22-14-8-9-15(16(12-14)23-2)17(19)18-24(20,21)11-10-13-6-4-3-5-7-13/h3-12H,1-2H3,(H,18,19)/b11-10+. The van der Waals surface area contributed by atoms with E-state index < -0.39 is 15.9 Å². The molecule has 0 aliphatic carbocycles. The molecule has 126 valence electrons. The fraction of sp³-hybridized carbons (Fsp3) is 0.118. The van der Waals surface area contributed by atoms with Crippen LogP contribution in [0.2, 0.25) is 0 Å². The molecule has 0 aliphatic heterocycles. The summed E-state index contributed by atoms with van der Waals surface area (Å²) in [5.74, 6) is -0.0727. The van der Waals surface area contributed by atoms with E-state index in [1.54, 1.807) is 30.3 Å². The SMILES string of the molecule is COc1ccc(C(=O)NS(=O)(=O)/C=C/c2ccccc2)c(OC)c1. The van der Waals surface area contributed by atoms with E-state index in [4.69, 9.17) is 9.47 Å². The zero-order valence-electron chi connectivity index (χ0n) is 13.2. The maximum absolute atomic E-state index is 12.2. The molecular weight excluding hydrogens is 330 g/mol. The molecule has 2 aromatic rings. The minimum Gasteiger partial charge on any atom is -0.497 e. The Bertz CT molecular complexity index is 845. The maximum atomic E-state index is 12.2. The van der Waals surface area contributed by atoms with E-state index >= 15 is 0 Å². The lowest BCUT2D eigenvalue weighted by Gasteiger charge is -2.10. The average Bonchev–Trinajstić information content (AvgIpc) is 2.60. The van der Waals surface area contributed by atoms with E-state index in [1.165, 1.54) is 32.4 Å². The molecule has 0 bridgehead atoms. The Morgan fingerprint density at radius 3 is 2.38 bits per heavy atom. The smallest absolute Gasteiger partial charge is 0.268 e. The summed E-state index contributed by atoms with van der Waals surface area (Å²) in [6.07, 6.45) is 1.40. The Hall–Kier alpha value is -2.80. The van der Waals surface area contributed by atoms with Crippen LogP contribution in [0.15, 0.2) is 53.9 Å². The monoisotopic (exact) mass is 347 g/mol. The number of carbonyl (C=O) groups excluding carboxylic acids is 1. The highest BCUT2D eigenvalue weighted by Crippen LogP contribution is 2.24. The van der Waals surface area contributed by atoms with Crippen LogP contribution >= 0.6 is 0 Å². The second-order valence-electron chi connectivity index (χ2n) is 4.76.